The van der Waals surface area contributed by atoms with Crippen molar-refractivity contribution in [3.05, 3.63) is 24.3 Å². The van der Waals surface area contributed by atoms with Crippen molar-refractivity contribution in [3.8, 4) is 11.5 Å². The van der Waals surface area contributed by atoms with Crippen molar-refractivity contribution in [1.82, 2.24) is 10.2 Å². The van der Waals surface area contributed by atoms with Crippen LogP contribution in [0.25, 0.3) is 0 Å². The minimum absolute atomic E-state index is 0.0122. The number of methoxy groups -OCH3 is 1. The zero-order valence-corrected chi connectivity index (χ0v) is 14.3. The van der Waals surface area contributed by atoms with Crippen LogP contribution < -0.4 is 14.8 Å². The maximum absolute atomic E-state index is 11.8. The van der Waals surface area contributed by atoms with Crippen molar-refractivity contribution in [2.75, 3.05) is 33.4 Å². The summed E-state index contributed by atoms with van der Waals surface area (Å²) in [7, 11) is 1.55. The SMILES string of the molecule is COc1ccccc1OCC(=O)NCCN(CC(C)C)C(C)=O. The van der Waals surface area contributed by atoms with Crippen LogP contribution in [0.15, 0.2) is 24.3 Å². The molecule has 0 aliphatic rings. The second-order valence-corrected chi connectivity index (χ2v) is 5.65. The van der Waals surface area contributed by atoms with Gasteiger partial charge in [-0.2, -0.15) is 0 Å². The molecule has 2 amide bonds. The Balaban J connectivity index is 2.35. The van der Waals surface area contributed by atoms with Crippen LogP contribution in [0, 0.1) is 5.92 Å². The fraction of sp³-hybridized carbons (Fsp3) is 0.529. The first kappa shape index (κ1) is 18.8. The molecular weight excluding hydrogens is 296 g/mol. The Morgan fingerprint density at radius 1 is 1.22 bits per heavy atom. The van der Waals surface area contributed by atoms with E-state index < -0.39 is 0 Å². The summed E-state index contributed by atoms with van der Waals surface area (Å²) in [6.07, 6.45) is 0. The lowest BCUT2D eigenvalue weighted by atomic mass is 10.2. The van der Waals surface area contributed by atoms with Crippen LogP contribution in [0.2, 0.25) is 0 Å². The topological polar surface area (TPSA) is 67.9 Å². The van der Waals surface area contributed by atoms with Gasteiger partial charge in [-0.05, 0) is 18.1 Å². The molecule has 0 spiro atoms. The predicted octanol–water partition coefficient (Wildman–Crippen LogP) is 1.69. The van der Waals surface area contributed by atoms with E-state index in [1.54, 1.807) is 24.1 Å². The van der Waals surface area contributed by atoms with Gasteiger partial charge >= 0.3 is 0 Å². The summed E-state index contributed by atoms with van der Waals surface area (Å²) in [6, 6.07) is 7.15. The maximum atomic E-state index is 11.8. The standard InChI is InChI=1S/C17H26N2O4/c1-13(2)11-19(14(3)20)10-9-18-17(21)12-23-16-8-6-5-7-15(16)22-4/h5-8,13H,9-12H2,1-4H3,(H,18,21). The number of nitrogens with one attached hydrogen (secondary N) is 1. The van der Waals surface area contributed by atoms with Gasteiger partial charge in [-0.3, -0.25) is 9.59 Å². The van der Waals surface area contributed by atoms with E-state index in [4.69, 9.17) is 9.47 Å². The third kappa shape index (κ3) is 7.04. The minimum atomic E-state index is -0.232. The number of benzene rings is 1. The first-order chi connectivity index (χ1) is 10.9. The van der Waals surface area contributed by atoms with Gasteiger partial charge in [-0.25, -0.2) is 0 Å². The molecule has 0 saturated carbocycles. The van der Waals surface area contributed by atoms with Gasteiger partial charge in [0.05, 0.1) is 7.11 Å². The Bertz CT molecular complexity index is 517. The Labute approximate surface area is 137 Å². The van der Waals surface area contributed by atoms with Crippen LogP contribution in [0.4, 0.5) is 0 Å². The summed E-state index contributed by atoms with van der Waals surface area (Å²) in [5.41, 5.74) is 0. The summed E-state index contributed by atoms with van der Waals surface area (Å²) >= 11 is 0. The first-order valence-electron chi connectivity index (χ1n) is 7.72. The quantitative estimate of drug-likeness (QED) is 0.751. The molecule has 1 rings (SSSR count). The lowest BCUT2D eigenvalue weighted by Crippen LogP contribution is -2.40. The van der Waals surface area contributed by atoms with E-state index in [-0.39, 0.29) is 18.4 Å². The summed E-state index contributed by atoms with van der Waals surface area (Å²) in [4.78, 5) is 25.0. The molecule has 0 unspecified atom stereocenters. The number of amides is 2. The third-order valence-corrected chi connectivity index (χ3v) is 3.16. The van der Waals surface area contributed by atoms with Gasteiger partial charge < -0.3 is 19.7 Å². The van der Waals surface area contributed by atoms with E-state index in [9.17, 15) is 9.59 Å². The molecule has 0 heterocycles. The molecule has 0 aromatic heterocycles. The molecule has 0 radical (unpaired) electrons. The van der Waals surface area contributed by atoms with E-state index in [0.29, 0.717) is 37.1 Å². The van der Waals surface area contributed by atoms with Crippen LogP contribution in [-0.4, -0.2) is 50.1 Å². The van der Waals surface area contributed by atoms with Crippen LogP contribution in [0.3, 0.4) is 0 Å². The Hall–Kier alpha value is -2.24. The van der Waals surface area contributed by atoms with E-state index in [1.807, 2.05) is 12.1 Å². The molecule has 6 nitrogen and oxygen atoms in total. The number of carbonyl (C=O) groups excluding carboxylic acids is 2. The Kier molecular flexibility index (Phi) is 7.94. The Morgan fingerprint density at radius 2 is 1.87 bits per heavy atom. The number of nitrogens with zero attached hydrogens (tertiary/aromatic N) is 1. The fourth-order valence-electron chi connectivity index (χ4n) is 2.08. The fourth-order valence-corrected chi connectivity index (χ4v) is 2.08. The first-order valence-corrected chi connectivity index (χ1v) is 7.72. The number of hydrogen-bond donors (Lipinski definition) is 1. The van der Waals surface area contributed by atoms with Gasteiger partial charge in [0.1, 0.15) is 0 Å². The van der Waals surface area contributed by atoms with Gasteiger partial charge in [0.25, 0.3) is 5.91 Å². The van der Waals surface area contributed by atoms with E-state index in [1.165, 1.54) is 6.92 Å². The van der Waals surface area contributed by atoms with E-state index in [0.717, 1.165) is 0 Å². The molecule has 1 aromatic carbocycles. The molecule has 1 N–H and O–H groups in total. The van der Waals surface area contributed by atoms with Crippen molar-refractivity contribution >= 4 is 11.8 Å². The molecule has 0 fully saturated rings. The summed E-state index contributed by atoms with van der Waals surface area (Å²) in [6.45, 7) is 7.13. The third-order valence-electron chi connectivity index (χ3n) is 3.16. The van der Waals surface area contributed by atoms with Crippen LogP contribution in [0.1, 0.15) is 20.8 Å². The van der Waals surface area contributed by atoms with Gasteiger partial charge in [0.2, 0.25) is 5.91 Å². The van der Waals surface area contributed by atoms with Gasteiger partial charge in [-0.1, -0.05) is 26.0 Å². The van der Waals surface area contributed by atoms with Crippen molar-refractivity contribution < 1.29 is 19.1 Å². The van der Waals surface area contributed by atoms with Crippen molar-refractivity contribution in [2.24, 2.45) is 5.92 Å². The summed E-state index contributed by atoms with van der Waals surface area (Å²) in [5, 5.41) is 2.75. The smallest absolute Gasteiger partial charge is 0.258 e. The average Bonchev–Trinajstić information content (AvgIpc) is 2.51. The molecule has 6 heteroatoms. The van der Waals surface area contributed by atoms with Crippen molar-refractivity contribution in [2.45, 2.75) is 20.8 Å². The van der Waals surface area contributed by atoms with Gasteiger partial charge in [-0.15, -0.1) is 0 Å². The maximum Gasteiger partial charge on any atom is 0.258 e. The summed E-state index contributed by atoms with van der Waals surface area (Å²) in [5.74, 6) is 1.28. The molecule has 0 atom stereocenters. The molecule has 0 aliphatic carbocycles. The number of para-hydroxylation sites is 2. The molecule has 0 bridgehead atoms. The molecule has 1 aromatic rings. The number of rotatable bonds is 9. The number of carbonyl (C=O) groups is 2. The lowest BCUT2D eigenvalue weighted by Gasteiger charge is -2.23. The highest BCUT2D eigenvalue weighted by Crippen LogP contribution is 2.25. The summed E-state index contributed by atoms with van der Waals surface area (Å²) < 4.78 is 10.6. The zero-order valence-electron chi connectivity index (χ0n) is 14.3. The number of ether oxygens (including phenoxy) is 2. The van der Waals surface area contributed by atoms with Crippen LogP contribution in [0.5, 0.6) is 11.5 Å². The normalized spacial score (nSPS) is 10.3. The molecule has 0 saturated heterocycles. The Morgan fingerprint density at radius 3 is 2.43 bits per heavy atom. The predicted molar refractivity (Wildman–Crippen MR) is 88.6 cm³/mol. The zero-order chi connectivity index (χ0) is 17.2. The van der Waals surface area contributed by atoms with Crippen LogP contribution >= 0.6 is 0 Å². The van der Waals surface area contributed by atoms with E-state index >= 15 is 0 Å². The van der Waals surface area contributed by atoms with Gasteiger partial charge in [0.15, 0.2) is 18.1 Å². The highest BCUT2D eigenvalue weighted by Gasteiger charge is 2.11. The molecule has 0 aliphatic heterocycles. The average molecular weight is 322 g/mol. The largest absolute Gasteiger partial charge is 0.493 e. The second kappa shape index (κ2) is 9.71. The molecular formula is C17H26N2O4. The van der Waals surface area contributed by atoms with Crippen molar-refractivity contribution in [1.29, 1.82) is 0 Å². The minimum Gasteiger partial charge on any atom is -0.493 e. The highest BCUT2D eigenvalue weighted by molar-refractivity contribution is 5.77. The van der Waals surface area contributed by atoms with Gasteiger partial charge in [0, 0.05) is 26.6 Å². The molecule has 23 heavy (non-hydrogen) atoms. The number of hydrogen-bond acceptors (Lipinski definition) is 4. The van der Waals surface area contributed by atoms with Crippen molar-refractivity contribution in [3.63, 3.8) is 0 Å². The van der Waals surface area contributed by atoms with E-state index in [2.05, 4.69) is 19.2 Å². The molecule has 128 valence electrons. The lowest BCUT2D eigenvalue weighted by molar-refractivity contribution is -0.130. The second-order valence-electron chi connectivity index (χ2n) is 5.65. The van der Waals surface area contributed by atoms with Crippen LogP contribution in [-0.2, 0) is 9.59 Å². The highest BCUT2D eigenvalue weighted by atomic mass is 16.5. The monoisotopic (exact) mass is 322 g/mol.